The Labute approximate surface area is 117 Å². The average molecular weight is 277 g/mol. The van der Waals surface area contributed by atoms with Crippen molar-refractivity contribution < 1.29 is 9.13 Å². The molecule has 1 unspecified atom stereocenters. The van der Waals surface area contributed by atoms with Crippen molar-refractivity contribution in [3.8, 4) is 0 Å². The van der Waals surface area contributed by atoms with E-state index in [-0.39, 0.29) is 11.9 Å². The highest BCUT2D eigenvalue weighted by molar-refractivity contribution is 5.76. The minimum atomic E-state index is -0.235. The fourth-order valence-electron chi connectivity index (χ4n) is 2.74. The van der Waals surface area contributed by atoms with Gasteiger partial charge in [-0.3, -0.25) is 0 Å². The van der Waals surface area contributed by atoms with Gasteiger partial charge in [-0.15, -0.1) is 0 Å². The third-order valence-corrected chi connectivity index (χ3v) is 3.65. The SMILES string of the molecule is CCCn1c(CC2CNCCO2)nc2cc(F)ccc21. The average Bonchev–Trinajstić information content (AvgIpc) is 2.77. The molecule has 1 aliphatic rings. The Hall–Kier alpha value is -1.46. The summed E-state index contributed by atoms with van der Waals surface area (Å²) in [5.41, 5.74) is 1.74. The summed E-state index contributed by atoms with van der Waals surface area (Å²) in [7, 11) is 0. The number of morpholine rings is 1. The van der Waals surface area contributed by atoms with Crippen LogP contribution in [0.5, 0.6) is 0 Å². The van der Waals surface area contributed by atoms with Gasteiger partial charge in [-0.1, -0.05) is 6.92 Å². The highest BCUT2D eigenvalue weighted by Gasteiger charge is 2.18. The molecule has 2 heterocycles. The van der Waals surface area contributed by atoms with Crippen LogP contribution < -0.4 is 5.32 Å². The summed E-state index contributed by atoms with van der Waals surface area (Å²) in [5, 5.41) is 3.33. The van der Waals surface area contributed by atoms with E-state index in [1.165, 1.54) is 12.1 Å². The van der Waals surface area contributed by atoms with E-state index in [0.717, 1.165) is 55.9 Å². The van der Waals surface area contributed by atoms with Crippen LogP contribution in [-0.2, 0) is 17.7 Å². The summed E-state index contributed by atoms with van der Waals surface area (Å²) in [4.78, 5) is 4.60. The molecule has 1 atom stereocenters. The minimum Gasteiger partial charge on any atom is -0.375 e. The number of fused-ring (bicyclic) bond motifs is 1. The van der Waals surface area contributed by atoms with E-state index in [4.69, 9.17) is 4.74 Å². The van der Waals surface area contributed by atoms with E-state index >= 15 is 0 Å². The first-order valence-corrected chi connectivity index (χ1v) is 7.25. The topological polar surface area (TPSA) is 39.1 Å². The number of imidazole rings is 1. The second-order valence-corrected chi connectivity index (χ2v) is 5.21. The lowest BCUT2D eigenvalue weighted by molar-refractivity contribution is 0.0276. The van der Waals surface area contributed by atoms with Crippen LogP contribution in [0, 0.1) is 5.82 Å². The smallest absolute Gasteiger partial charge is 0.125 e. The van der Waals surface area contributed by atoms with E-state index in [1.807, 2.05) is 6.07 Å². The third-order valence-electron chi connectivity index (χ3n) is 3.65. The van der Waals surface area contributed by atoms with Gasteiger partial charge in [0, 0.05) is 32.1 Å². The zero-order valence-corrected chi connectivity index (χ0v) is 11.7. The van der Waals surface area contributed by atoms with Crippen LogP contribution in [0.25, 0.3) is 11.0 Å². The number of halogens is 1. The number of hydrogen-bond acceptors (Lipinski definition) is 3. The highest BCUT2D eigenvalue weighted by atomic mass is 19.1. The Morgan fingerprint density at radius 3 is 3.15 bits per heavy atom. The molecule has 1 saturated heterocycles. The first-order valence-electron chi connectivity index (χ1n) is 7.25. The second-order valence-electron chi connectivity index (χ2n) is 5.21. The van der Waals surface area contributed by atoms with Gasteiger partial charge in [0.05, 0.1) is 23.7 Å². The van der Waals surface area contributed by atoms with Gasteiger partial charge in [-0.25, -0.2) is 9.37 Å². The first kappa shape index (κ1) is 13.5. The maximum Gasteiger partial charge on any atom is 0.125 e. The number of rotatable bonds is 4. The van der Waals surface area contributed by atoms with Crippen LogP contribution in [0.3, 0.4) is 0 Å². The molecular weight excluding hydrogens is 257 g/mol. The number of aromatic nitrogens is 2. The maximum absolute atomic E-state index is 13.3. The monoisotopic (exact) mass is 277 g/mol. The standard InChI is InChI=1S/C15H20FN3O/c1-2-6-19-14-4-3-11(16)8-13(14)18-15(19)9-12-10-17-5-7-20-12/h3-4,8,12,17H,2,5-7,9-10H2,1H3. The summed E-state index contributed by atoms with van der Waals surface area (Å²) in [6.07, 6.45) is 1.95. The molecule has 1 N–H and O–H groups in total. The van der Waals surface area contributed by atoms with Gasteiger partial charge in [0.2, 0.25) is 0 Å². The number of nitrogens with zero attached hydrogens (tertiary/aromatic N) is 2. The second kappa shape index (κ2) is 5.89. The van der Waals surface area contributed by atoms with Gasteiger partial charge in [-0.05, 0) is 18.6 Å². The van der Waals surface area contributed by atoms with Gasteiger partial charge in [0.1, 0.15) is 11.6 Å². The molecule has 0 spiro atoms. The first-order chi connectivity index (χ1) is 9.78. The van der Waals surface area contributed by atoms with Crippen molar-refractivity contribution in [2.45, 2.75) is 32.4 Å². The molecule has 0 aliphatic carbocycles. The Morgan fingerprint density at radius 2 is 2.40 bits per heavy atom. The molecule has 2 aromatic rings. The predicted molar refractivity (Wildman–Crippen MR) is 76.3 cm³/mol. The maximum atomic E-state index is 13.3. The fourth-order valence-corrected chi connectivity index (χ4v) is 2.74. The number of ether oxygens (including phenoxy) is 1. The van der Waals surface area contributed by atoms with Crippen LogP contribution in [0.15, 0.2) is 18.2 Å². The lowest BCUT2D eigenvalue weighted by Crippen LogP contribution is -2.40. The molecule has 0 saturated carbocycles. The zero-order valence-electron chi connectivity index (χ0n) is 11.7. The van der Waals surface area contributed by atoms with Crippen LogP contribution in [0.1, 0.15) is 19.2 Å². The van der Waals surface area contributed by atoms with Gasteiger partial charge < -0.3 is 14.6 Å². The molecule has 4 nitrogen and oxygen atoms in total. The van der Waals surface area contributed by atoms with E-state index < -0.39 is 0 Å². The Morgan fingerprint density at radius 1 is 1.50 bits per heavy atom. The molecule has 1 aliphatic heterocycles. The molecule has 1 aromatic carbocycles. The van der Waals surface area contributed by atoms with E-state index in [9.17, 15) is 4.39 Å². The Bertz CT molecular complexity index is 590. The zero-order chi connectivity index (χ0) is 13.9. The van der Waals surface area contributed by atoms with Crippen LogP contribution >= 0.6 is 0 Å². The van der Waals surface area contributed by atoms with Crippen molar-refractivity contribution in [1.29, 1.82) is 0 Å². The van der Waals surface area contributed by atoms with Crippen molar-refractivity contribution in [3.63, 3.8) is 0 Å². The third kappa shape index (κ3) is 2.69. The molecular formula is C15H20FN3O. The number of hydrogen-bond donors (Lipinski definition) is 1. The van der Waals surface area contributed by atoms with Crippen LogP contribution in [-0.4, -0.2) is 35.4 Å². The van der Waals surface area contributed by atoms with E-state index in [1.54, 1.807) is 0 Å². The minimum absolute atomic E-state index is 0.154. The Kier molecular flexibility index (Phi) is 3.98. The predicted octanol–water partition coefficient (Wildman–Crippen LogP) is 2.12. The fraction of sp³-hybridized carbons (Fsp3) is 0.533. The lowest BCUT2D eigenvalue weighted by atomic mass is 10.2. The van der Waals surface area contributed by atoms with Crippen LogP contribution in [0.4, 0.5) is 4.39 Å². The molecule has 3 rings (SSSR count). The van der Waals surface area contributed by atoms with Gasteiger partial charge in [-0.2, -0.15) is 0 Å². The molecule has 0 amide bonds. The number of aryl methyl sites for hydroxylation is 1. The van der Waals surface area contributed by atoms with Gasteiger partial charge in [0.15, 0.2) is 0 Å². The molecule has 1 fully saturated rings. The molecule has 20 heavy (non-hydrogen) atoms. The van der Waals surface area contributed by atoms with Gasteiger partial charge in [0.25, 0.3) is 0 Å². The van der Waals surface area contributed by atoms with E-state index in [0.29, 0.717) is 0 Å². The summed E-state index contributed by atoms with van der Waals surface area (Å²) in [6.45, 7) is 5.54. The van der Waals surface area contributed by atoms with Crippen molar-refractivity contribution in [1.82, 2.24) is 14.9 Å². The number of benzene rings is 1. The molecule has 0 bridgehead atoms. The van der Waals surface area contributed by atoms with Crippen molar-refractivity contribution in [2.24, 2.45) is 0 Å². The summed E-state index contributed by atoms with van der Waals surface area (Å²) < 4.78 is 21.3. The largest absolute Gasteiger partial charge is 0.375 e. The van der Waals surface area contributed by atoms with E-state index in [2.05, 4.69) is 21.8 Å². The van der Waals surface area contributed by atoms with Crippen LogP contribution in [0.2, 0.25) is 0 Å². The normalized spacial score (nSPS) is 19.6. The molecule has 5 heteroatoms. The summed E-state index contributed by atoms with van der Waals surface area (Å²) in [5.74, 6) is 0.752. The number of nitrogens with one attached hydrogen (secondary N) is 1. The molecule has 1 aromatic heterocycles. The highest BCUT2D eigenvalue weighted by Crippen LogP contribution is 2.20. The summed E-state index contributed by atoms with van der Waals surface area (Å²) in [6, 6.07) is 4.82. The molecule has 108 valence electrons. The lowest BCUT2D eigenvalue weighted by Gasteiger charge is -2.23. The quantitative estimate of drug-likeness (QED) is 0.930. The van der Waals surface area contributed by atoms with Crippen molar-refractivity contribution in [2.75, 3.05) is 19.7 Å². The van der Waals surface area contributed by atoms with Crippen molar-refractivity contribution >= 4 is 11.0 Å². The molecule has 0 radical (unpaired) electrons. The van der Waals surface area contributed by atoms with Gasteiger partial charge >= 0.3 is 0 Å². The van der Waals surface area contributed by atoms with Crippen molar-refractivity contribution in [3.05, 3.63) is 29.8 Å². The Balaban J connectivity index is 1.93. The summed E-state index contributed by atoms with van der Waals surface area (Å²) >= 11 is 0.